The Balaban J connectivity index is 2.52. The molecule has 0 spiro atoms. The largest absolute Gasteiger partial charge is 0.384 e. The van der Waals surface area contributed by atoms with E-state index in [1.807, 2.05) is 0 Å². The maximum atomic E-state index is 4.93. The van der Waals surface area contributed by atoms with E-state index in [1.54, 1.807) is 7.11 Å². The second-order valence-corrected chi connectivity index (χ2v) is 3.04. The molecule has 0 unspecified atom stereocenters. The maximum absolute atomic E-state index is 4.93. The van der Waals surface area contributed by atoms with Crippen molar-refractivity contribution >= 4 is 0 Å². The first-order chi connectivity index (χ1) is 5.74. The molecule has 0 saturated heterocycles. The molecule has 0 radical (unpaired) electrons. The predicted molar refractivity (Wildman–Crippen MR) is 46.1 cm³/mol. The molecule has 1 rings (SSSR count). The molecule has 0 aliphatic heterocycles. The summed E-state index contributed by atoms with van der Waals surface area (Å²) in [6, 6.07) is 0. The Morgan fingerprint density at radius 3 is 2.75 bits per heavy atom. The number of nitrogens with one attached hydrogen (secondary N) is 1. The van der Waals surface area contributed by atoms with E-state index < -0.39 is 0 Å². The summed E-state index contributed by atoms with van der Waals surface area (Å²) in [5.74, 6) is 2.17. The van der Waals surface area contributed by atoms with Gasteiger partial charge in [-0.1, -0.05) is 13.8 Å². The first kappa shape index (κ1) is 9.19. The highest BCUT2D eigenvalue weighted by atomic mass is 16.5. The van der Waals surface area contributed by atoms with Crippen LogP contribution >= 0.6 is 0 Å². The highest BCUT2D eigenvalue weighted by Gasteiger charge is 2.05. The summed E-state index contributed by atoms with van der Waals surface area (Å²) in [5, 5.41) is 6.96. The van der Waals surface area contributed by atoms with Gasteiger partial charge in [0, 0.05) is 19.4 Å². The zero-order valence-electron chi connectivity index (χ0n) is 7.79. The molecular weight excluding hydrogens is 154 g/mol. The number of aromatic amines is 1. The lowest BCUT2D eigenvalue weighted by Gasteiger charge is -1.94. The van der Waals surface area contributed by atoms with Crippen LogP contribution in [-0.4, -0.2) is 28.9 Å². The number of rotatable bonds is 4. The molecule has 1 aromatic heterocycles. The number of ether oxygens (including phenoxy) is 1. The second-order valence-electron chi connectivity index (χ2n) is 3.04. The van der Waals surface area contributed by atoms with Gasteiger partial charge < -0.3 is 4.74 Å². The van der Waals surface area contributed by atoms with Gasteiger partial charge in [-0.25, -0.2) is 4.98 Å². The average Bonchev–Trinajstić information content (AvgIpc) is 2.48. The maximum Gasteiger partial charge on any atom is 0.153 e. The molecule has 0 aliphatic rings. The van der Waals surface area contributed by atoms with Gasteiger partial charge in [-0.2, -0.15) is 5.10 Å². The van der Waals surface area contributed by atoms with Crippen LogP contribution in [0.15, 0.2) is 0 Å². The third-order valence-corrected chi connectivity index (χ3v) is 1.61. The standard InChI is InChI=1S/C8H15N3O/c1-6(2)8-9-7(10-11-8)4-5-12-3/h6H,4-5H2,1-3H3,(H,9,10,11). The van der Waals surface area contributed by atoms with E-state index in [4.69, 9.17) is 4.74 Å². The monoisotopic (exact) mass is 169 g/mol. The molecule has 0 fully saturated rings. The van der Waals surface area contributed by atoms with Crippen LogP contribution in [0.2, 0.25) is 0 Å². The SMILES string of the molecule is COCCc1nc(C(C)C)n[nH]1. The topological polar surface area (TPSA) is 50.8 Å². The molecule has 1 N–H and O–H groups in total. The molecule has 0 saturated carbocycles. The summed E-state index contributed by atoms with van der Waals surface area (Å²) in [6.07, 6.45) is 0.802. The summed E-state index contributed by atoms with van der Waals surface area (Å²) in [6.45, 7) is 4.83. The lowest BCUT2D eigenvalue weighted by atomic mass is 10.2. The van der Waals surface area contributed by atoms with Gasteiger partial charge in [0.15, 0.2) is 5.82 Å². The molecule has 0 amide bonds. The minimum Gasteiger partial charge on any atom is -0.384 e. The van der Waals surface area contributed by atoms with Gasteiger partial charge in [0.05, 0.1) is 6.61 Å². The van der Waals surface area contributed by atoms with Crippen molar-refractivity contribution in [2.75, 3.05) is 13.7 Å². The zero-order valence-corrected chi connectivity index (χ0v) is 7.79. The van der Waals surface area contributed by atoms with Crippen LogP contribution in [0.25, 0.3) is 0 Å². The quantitative estimate of drug-likeness (QED) is 0.734. The first-order valence-electron chi connectivity index (χ1n) is 4.14. The molecular formula is C8H15N3O. The first-order valence-corrected chi connectivity index (χ1v) is 4.14. The van der Waals surface area contributed by atoms with E-state index >= 15 is 0 Å². The van der Waals surface area contributed by atoms with E-state index in [2.05, 4.69) is 29.0 Å². The van der Waals surface area contributed by atoms with Crippen LogP contribution in [0, 0.1) is 0 Å². The normalized spacial score (nSPS) is 11.0. The van der Waals surface area contributed by atoms with E-state index in [1.165, 1.54) is 0 Å². The van der Waals surface area contributed by atoms with E-state index in [9.17, 15) is 0 Å². The Bertz CT molecular complexity index is 232. The number of hydrogen-bond donors (Lipinski definition) is 1. The highest BCUT2D eigenvalue weighted by Crippen LogP contribution is 2.07. The Morgan fingerprint density at radius 2 is 2.25 bits per heavy atom. The van der Waals surface area contributed by atoms with Crippen LogP contribution in [0.1, 0.15) is 31.4 Å². The fourth-order valence-electron chi connectivity index (χ4n) is 0.879. The van der Waals surface area contributed by atoms with Gasteiger partial charge >= 0.3 is 0 Å². The number of aromatic nitrogens is 3. The minimum absolute atomic E-state index is 0.387. The molecule has 0 bridgehead atoms. The number of nitrogens with zero attached hydrogens (tertiary/aromatic N) is 2. The van der Waals surface area contributed by atoms with Crippen molar-refractivity contribution < 1.29 is 4.74 Å². The highest BCUT2D eigenvalue weighted by molar-refractivity contribution is 4.94. The molecule has 12 heavy (non-hydrogen) atoms. The van der Waals surface area contributed by atoms with Gasteiger partial charge in [-0.05, 0) is 0 Å². The van der Waals surface area contributed by atoms with Crippen LogP contribution in [0.5, 0.6) is 0 Å². The summed E-state index contributed by atoms with van der Waals surface area (Å²) < 4.78 is 4.93. The minimum atomic E-state index is 0.387. The Kier molecular flexibility index (Phi) is 3.22. The average molecular weight is 169 g/mol. The number of methoxy groups -OCH3 is 1. The molecule has 1 aromatic rings. The van der Waals surface area contributed by atoms with E-state index in [-0.39, 0.29) is 0 Å². The number of H-pyrrole nitrogens is 1. The molecule has 1 heterocycles. The van der Waals surface area contributed by atoms with Gasteiger partial charge in [0.25, 0.3) is 0 Å². The van der Waals surface area contributed by atoms with Gasteiger partial charge in [0.2, 0.25) is 0 Å². The van der Waals surface area contributed by atoms with Crippen molar-refractivity contribution in [3.63, 3.8) is 0 Å². The molecule has 68 valence electrons. The zero-order chi connectivity index (χ0) is 8.97. The van der Waals surface area contributed by atoms with Crippen molar-refractivity contribution in [3.8, 4) is 0 Å². The van der Waals surface area contributed by atoms with Crippen LogP contribution in [0.3, 0.4) is 0 Å². The van der Waals surface area contributed by atoms with Crippen molar-refractivity contribution in [1.29, 1.82) is 0 Å². The molecule has 0 aromatic carbocycles. The smallest absolute Gasteiger partial charge is 0.153 e. The fraction of sp³-hybridized carbons (Fsp3) is 0.750. The summed E-state index contributed by atoms with van der Waals surface area (Å²) in [4.78, 5) is 4.30. The van der Waals surface area contributed by atoms with Gasteiger partial charge in [-0.3, -0.25) is 5.10 Å². The van der Waals surface area contributed by atoms with Crippen LogP contribution in [-0.2, 0) is 11.2 Å². The van der Waals surface area contributed by atoms with Crippen molar-refractivity contribution in [3.05, 3.63) is 11.6 Å². The molecule has 0 atom stereocenters. The Morgan fingerprint density at radius 1 is 1.50 bits per heavy atom. The van der Waals surface area contributed by atoms with Gasteiger partial charge in [0.1, 0.15) is 5.82 Å². The summed E-state index contributed by atoms with van der Waals surface area (Å²) in [7, 11) is 1.68. The van der Waals surface area contributed by atoms with Crippen LogP contribution < -0.4 is 0 Å². The number of hydrogen-bond acceptors (Lipinski definition) is 3. The summed E-state index contributed by atoms with van der Waals surface area (Å²) in [5.41, 5.74) is 0. The lowest BCUT2D eigenvalue weighted by molar-refractivity contribution is 0.200. The van der Waals surface area contributed by atoms with Crippen molar-refractivity contribution in [2.24, 2.45) is 0 Å². The van der Waals surface area contributed by atoms with E-state index in [0.29, 0.717) is 12.5 Å². The van der Waals surface area contributed by atoms with Crippen molar-refractivity contribution in [1.82, 2.24) is 15.2 Å². The molecule has 4 nitrogen and oxygen atoms in total. The molecule has 0 aliphatic carbocycles. The fourth-order valence-corrected chi connectivity index (χ4v) is 0.879. The summed E-state index contributed by atoms with van der Waals surface area (Å²) >= 11 is 0. The van der Waals surface area contributed by atoms with Crippen molar-refractivity contribution in [2.45, 2.75) is 26.2 Å². The third-order valence-electron chi connectivity index (χ3n) is 1.61. The molecule has 4 heteroatoms. The Hall–Kier alpha value is -0.900. The van der Waals surface area contributed by atoms with E-state index in [0.717, 1.165) is 18.1 Å². The predicted octanol–water partition coefficient (Wildman–Crippen LogP) is 1.12. The third kappa shape index (κ3) is 2.30. The Labute approximate surface area is 72.4 Å². The van der Waals surface area contributed by atoms with Gasteiger partial charge in [-0.15, -0.1) is 0 Å². The second kappa shape index (κ2) is 4.21. The van der Waals surface area contributed by atoms with Crippen LogP contribution in [0.4, 0.5) is 0 Å². The lowest BCUT2D eigenvalue weighted by Crippen LogP contribution is -1.96.